The van der Waals surface area contributed by atoms with Crippen LogP contribution in [0.1, 0.15) is 73.7 Å². The molecule has 3 atom stereocenters. The van der Waals surface area contributed by atoms with Crippen LogP contribution < -0.4 is 4.72 Å². The molecule has 0 aliphatic carbocycles. The Balaban J connectivity index is 1.11. The van der Waals surface area contributed by atoms with Gasteiger partial charge in [0.25, 0.3) is 5.91 Å². The molecular formula is C37H44ClN5O4S. The number of sulfonamides is 1. The van der Waals surface area contributed by atoms with Crippen molar-refractivity contribution < 1.29 is 17.9 Å². The molecular weight excluding hydrogens is 646 g/mol. The van der Waals surface area contributed by atoms with Gasteiger partial charge in [-0.3, -0.25) is 9.69 Å². The maximum Gasteiger partial charge on any atom is 0.255 e. The maximum atomic E-state index is 14.1. The lowest BCUT2D eigenvalue weighted by molar-refractivity contribution is -0.115. The van der Waals surface area contributed by atoms with Crippen LogP contribution in [0.3, 0.4) is 0 Å². The van der Waals surface area contributed by atoms with Gasteiger partial charge in [-0.15, -0.1) is 0 Å². The van der Waals surface area contributed by atoms with E-state index in [1.165, 1.54) is 36.6 Å². The molecule has 0 saturated carbocycles. The van der Waals surface area contributed by atoms with Crippen LogP contribution in [-0.4, -0.2) is 78.0 Å². The van der Waals surface area contributed by atoms with Crippen molar-refractivity contribution in [1.82, 2.24) is 24.1 Å². The number of nitrogens with one attached hydrogen (secondary N) is 1. The van der Waals surface area contributed by atoms with Gasteiger partial charge in [0.15, 0.2) is 0 Å². The summed E-state index contributed by atoms with van der Waals surface area (Å²) in [4.78, 5) is 23.4. The third-order valence-electron chi connectivity index (χ3n) is 10.4. The van der Waals surface area contributed by atoms with Crippen molar-refractivity contribution >= 4 is 38.6 Å². The average Bonchev–Trinajstić information content (AvgIpc) is 3.53. The van der Waals surface area contributed by atoms with Crippen molar-refractivity contribution in [2.45, 2.75) is 87.5 Å². The van der Waals surface area contributed by atoms with Gasteiger partial charge in [-0.05, 0) is 88.8 Å². The van der Waals surface area contributed by atoms with E-state index in [-0.39, 0.29) is 27.4 Å². The van der Waals surface area contributed by atoms with E-state index < -0.39 is 15.6 Å². The van der Waals surface area contributed by atoms with E-state index in [0.29, 0.717) is 37.8 Å². The third kappa shape index (κ3) is 6.29. The first-order valence-electron chi connectivity index (χ1n) is 17.0. The van der Waals surface area contributed by atoms with E-state index in [0.717, 1.165) is 42.7 Å². The number of aromatic nitrogens is 2. The Kier molecular flexibility index (Phi) is 9.14. The van der Waals surface area contributed by atoms with Gasteiger partial charge in [-0.1, -0.05) is 54.1 Å². The number of rotatable bonds is 9. The van der Waals surface area contributed by atoms with Gasteiger partial charge >= 0.3 is 0 Å². The molecule has 48 heavy (non-hydrogen) atoms. The van der Waals surface area contributed by atoms with E-state index >= 15 is 0 Å². The number of morpholine rings is 1. The molecule has 3 aliphatic rings. The number of amides is 1. The third-order valence-corrected chi connectivity index (χ3v) is 12.4. The van der Waals surface area contributed by atoms with Crippen molar-refractivity contribution in [1.29, 1.82) is 0 Å². The van der Waals surface area contributed by atoms with Gasteiger partial charge in [0, 0.05) is 37.3 Å². The lowest BCUT2D eigenvalue weighted by Gasteiger charge is -2.46. The Morgan fingerprint density at radius 3 is 2.46 bits per heavy atom. The molecule has 3 unspecified atom stereocenters. The number of fused-ring (bicyclic) bond motifs is 3. The number of piperidine rings is 1. The maximum absolute atomic E-state index is 14.1. The number of carbonyl (C=O) groups excluding carboxylic acids is 1. The standard InChI is InChI=1S/C37H44ClN5O4S/c1-25(2)40-48(45,46)31-15-16-33(38)32(23-31)36(44)41-19-20-47-37(24-41,27-9-5-4-6-10-27)17-18-42-28-13-14-29(42)22-30(21-28)43-26(3)39-34-11-7-8-12-35(34)43/h4-12,15-16,23,25,28-30,40H,13-14,17-22,24H2,1-3H3. The summed E-state index contributed by atoms with van der Waals surface area (Å²) in [6.45, 7) is 7.60. The molecule has 0 spiro atoms. The van der Waals surface area contributed by atoms with E-state index in [2.05, 4.69) is 57.5 Å². The van der Waals surface area contributed by atoms with E-state index in [1.54, 1.807) is 18.7 Å². The number of hydrogen-bond acceptors (Lipinski definition) is 6. The number of hydrogen-bond donors (Lipinski definition) is 1. The van der Waals surface area contributed by atoms with Gasteiger partial charge in [-0.25, -0.2) is 18.1 Å². The summed E-state index contributed by atoms with van der Waals surface area (Å²) in [7, 11) is -3.80. The first-order valence-corrected chi connectivity index (χ1v) is 18.9. The predicted octanol–water partition coefficient (Wildman–Crippen LogP) is 6.31. The highest BCUT2D eigenvalue weighted by Gasteiger charge is 2.45. The lowest BCUT2D eigenvalue weighted by atomic mass is 9.87. The number of nitrogens with zero attached hydrogens (tertiary/aromatic N) is 4. The van der Waals surface area contributed by atoms with E-state index in [9.17, 15) is 13.2 Å². The highest BCUT2D eigenvalue weighted by molar-refractivity contribution is 7.89. The fourth-order valence-electron chi connectivity index (χ4n) is 8.31. The summed E-state index contributed by atoms with van der Waals surface area (Å²) >= 11 is 6.54. The molecule has 3 saturated heterocycles. The van der Waals surface area contributed by atoms with Crippen LogP contribution in [0.15, 0.2) is 77.7 Å². The summed E-state index contributed by atoms with van der Waals surface area (Å²) in [5, 5.41) is 0.223. The average molecular weight is 690 g/mol. The summed E-state index contributed by atoms with van der Waals surface area (Å²) in [5.74, 6) is 0.783. The van der Waals surface area contributed by atoms with Crippen LogP contribution in [0.25, 0.3) is 11.0 Å². The van der Waals surface area contributed by atoms with Crippen molar-refractivity contribution in [3.05, 3.63) is 94.8 Å². The van der Waals surface area contributed by atoms with Gasteiger partial charge in [0.05, 0.1) is 39.7 Å². The van der Waals surface area contributed by atoms with Crippen LogP contribution in [0.2, 0.25) is 5.02 Å². The second-order valence-electron chi connectivity index (χ2n) is 13.9. The Morgan fingerprint density at radius 2 is 1.73 bits per heavy atom. The normalized spacial score (nSPS) is 24.9. The lowest BCUT2D eigenvalue weighted by Crippen LogP contribution is -2.54. The zero-order valence-electron chi connectivity index (χ0n) is 27.8. The van der Waals surface area contributed by atoms with Gasteiger partial charge in [0.1, 0.15) is 11.4 Å². The Bertz CT molecular complexity index is 1900. The zero-order chi connectivity index (χ0) is 33.6. The summed E-state index contributed by atoms with van der Waals surface area (Å²) in [6, 6.07) is 24.0. The summed E-state index contributed by atoms with van der Waals surface area (Å²) < 4.78 is 37.6. The quantitative estimate of drug-likeness (QED) is 0.221. The minimum absolute atomic E-state index is 0.0179. The molecule has 3 aliphatic heterocycles. The van der Waals surface area contributed by atoms with Crippen LogP contribution in [0.4, 0.5) is 0 Å². The number of carbonyl (C=O) groups is 1. The number of halogens is 1. The van der Waals surface area contributed by atoms with Gasteiger partial charge in [-0.2, -0.15) is 0 Å². The second-order valence-corrected chi connectivity index (χ2v) is 16.0. The second kappa shape index (κ2) is 13.2. The minimum Gasteiger partial charge on any atom is -0.367 e. The van der Waals surface area contributed by atoms with Gasteiger partial charge < -0.3 is 14.2 Å². The molecule has 11 heteroatoms. The molecule has 9 nitrogen and oxygen atoms in total. The SMILES string of the molecule is Cc1nc2ccccc2n1C1CC2CCC(C1)N2CCC1(c2ccccc2)CN(C(=O)c2cc(S(=O)(=O)NC(C)C)ccc2Cl)CCO1. The fourth-order valence-corrected chi connectivity index (χ4v) is 9.79. The molecule has 3 fully saturated rings. The highest BCUT2D eigenvalue weighted by atomic mass is 35.5. The van der Waals surface area contributed by atoms with Crippen LogP contribution in [0.5, 0.6) is 0 Å². The fraction of sp³-hybridized carbons (Fsp3) is 0.459. The predicted molar refractivity (Wildman–Crippen MR) is 188 cm³/mol. The molecule has 2 bridgehead atoms. The molecule has 0 radical (unpaired) electrons. The van der Waals surface area contributed by atoms with E-state index in [4.69, 9.17) is 21.3 Å². The first kappa shape index (κ1) is 33.2. The molecule has 4 heterocycles. The van der Waals surface area contributed by atoms with Crippen LogP contribution in [0, 0.1) is 6.92 Å². The molecule has 1 aromatic heterocycles. The molecule has 1 N–H and O–H groups in total. The molecule has 4 aromatic rings. The number of para-hydroxylation sites is 2. The number of benzene rings is 3. The molecule has 254 valence electrons. The Morgan fingerprint density at radius 1 is 1.02 bits per heavy atom. The monoisotopic (exact) mass is 689 g/mol. The molecule has 3 aromatic carbocycles. The van der Waals surface area contributed by atoms with E-state index in [1.807, 2.05) is 18.2 Å². The summed E-state index contributed by atoms with van der Waals surface area (Å²) in [6.07, 6.45) is 5.27. The van der Waals surface area contributed by atoms with Crippen molar-refractivity contribution in [2.24, 2.45) is 0 Å². The Labute approximate surface area is 288 Å². The number of aryl methyl sites for hydroxylation is 1. The summed E-state index contributed by atoms with van der Waals surface area (Å²) in [5.41, 5.74) is 2.78. The van der Waals surface area contributed by atoms with Crippen LogP contribution >= 0.6 is 11.6 Å². The highest BCUT2D eigenvalue weighted by Crippen LogP contribution is 2.44. The Hall–Kier alpha value is -3.28. The minimum atomic E-state index is -3.80. The first-order chi connectivity index (χ1) is 23.0. The van der Waals surface area contributed by atoms with Crippen molar-refractivity contribution in [3.8, 4) is 0 Å². The van der Waals surface area contributed by atoms with Gasteiger partial charge in [0.2, 0.25) is 10.0 Å². The molecule has 1 amide bonds. The zero-order valence-corrected chi connectivity index (χ0v) is 29.4. The topological polar surface area (TPSA) is 96.8 Å². The largest absolute Gasteiger partial charge is 0.367 e. The van der Waals surface area contributed by atoms with Crippen molar-refractivity contribution in [2.75, 3.05) is 26.2 Å². The molecule has 7 rings (SSSR count). The van der Waals surface area contributed by atoms with Crippen LogP contribution in [-0.2, 0) is 20.4 Å². The van der Waals surface area contributed by atoms with Crippen molar-refractivity contribution in [3.63, 3.8) is 0 Å². The number of ether oxygens (including phenoxy) is 1. The smallest absolute Gasteiger partial charge is 0.255 e. The number of imidazole rings is 1.